The molecule has 3 aromatic rings. The van der Waals surface area contributed by atoms with Gasteiger partial charge in [0.25, 0.3) is 5.91 Å². The molecule has 0 heterocycles. The van der Waals surface area contributed by atoms with Gasteiger partial charge in [-0.3, -0.25) is 9.59 Å². The monoisotopic (exact) mass is 379 g/mol. The lowest BCUT2D eigenvalue weighted by atomic mass is 10.1. The molecule has 3 rings (SSSR count). The zero-order valence-electron chi connectivity index (χ0n) is 15.1. The van der Waals surface area contributed by atoms with Gasteiger partial charge in [0.2, 0.25) is 0 Å². The molecule has 0 aliphatic heterocycles. The minimum atomic E-state index is -0.821. The number of amides is 1. The molecular weight excluding hydrogens is 358 g/mol. The average Bonchev–Trinajstić information content (AvgIpc) is 2.71. The van der Waals surface area contributed by atoms with Crippen molar-refractivity contribution in [2.45, 2.75) is 24.5 Å². The van der Waals surface area contributed by atoms with Crippen LogP contribution in [-0.4, -0.2) is 23.7 Å². The van der Waals surface area contributed by atoms with Gasteiger partial charge in [-0.25, -0.2) is 0 Å². The fraction of sp³-hybridized carbons (Fsp3) is 0.182. The number of benzene rings is 3. The van der Waals surface area contributed by atoms with Crippen LogP contribution in [-0.2, 0) is 20.9 Å². The van der Waals surface area contributed by atoms with Crippen molar-refractivity contribution in [3.8, 4) is 0 Å². The molecular formula is C22H21NO3S. The lowest BCUT2D eigenvalue weighted by Crippen LogP contribution is -2.35. The van der Waals surface area contributed by atoms with Crippen LogP contribution in [0.15, 0.2) is 77.7 Å². The van der Waals surface area contributed by atoms with E-state index in [9.17, 15) is 9.59 Å². The molecule has 1 N–H and O–H groups in total. The molecule has 0 bridgehead atoms. The highest BCUT2D eigenvalue weighted by Crippen LogP contribution is 2.23. The Morgan fingerprint density at radius 3 is 2.44 bits per heavy atom. The van der Waals surface area contributed by atoms with E-state index >= 15 is 0 Å². The predicted molar refractivity (Wildman–Crippen MR) is 109 cm³/mol. The first-order valence-electron chi connectivity index (χ1n) is 8.74. The van der Waals surface area contributed by atoms with E-state index in [2.05, 4.69) is 5.32 Å². The summed E-state index contributed by atoms with van der Waals surface area (Å²) in [6, 6.07) is 23.7. The van der Waals surface area contributed by atoms with E-state index in [0.29, 0.717) is 6.54 Å². The molecule has 0 aromatic heterocycles. The number of fused-ring (bicyclic) bond motifs is 1. The summed E-state index contributed by atoms with van der Waals surface area (Å²) in [7, 11) is 0. The summed E-state index contributed by atoms with van der Waals surface area (Å²) in [4.78, 5) is 25.1. The van der Waals surface area contributed by atoms with E-state index in [1.165, 1.54) is 11.8 Å². The van der Waals surface area contributed by atoms with Gasteiger partial charge >= 0.3 is 5.97 Å². The van der Waals surface area contributed by atoms with Crippen LogP contribution < -0.4 is 5.32 Å². The van der Waals surface area contributed by atoms with Crippen molar-refractivity contribution in [1.82, 2.24) is 5.32 Å². The number of nitrogens with one attached hydrogen (secondary N) is 1. The van der Waals surface area contributed by atoms with E-state index in [1.807, 2.05) is 72.8 Å². The van der Waals surface area contributed by atoms with Gasteiger partial charge in [-0.1, -0.05) is 60.7 Å². The minimum absolute atomic E-state index is 0.161. The summed E-state index contributed by atoms with van der Waals surface area (Å²) < 4.78 is 5.24. The van der Waals surface area contributed by atoms with Gasteiger partial charge in [-0.2, -0.15) is 0 Å². The Labute approximate surface area is 162 Å². The predicted octanol–water partition coefficient (Wildman–Crippen LogP) is 4.18. The molecule has 27 heavy (non-hydrogen) atoms. The average molecular weight is 379 g/mol. The molecule has 3 aromatic carbocycles. The van der Waals surface area contributed by atoms with Gasteiger partial charge in [0.05, 0.1) is 5.75 Å². The molecule has 0 fully saturated rings. The summed E-state index contributed by atoms with van der Waals surface area (Å²) in [6.07, 6.45) is -0.821. The fourth-order valence-corrected chi connectivity index (χ4v) is 3.34. The van der Waals surface area contributed by atoms with Crippen LogP contribution in [0.2, 0.25) is 0 Å². The molecule has 0 aliphatic carbocycles. The van der Waals surface area contributed by atoms with Crippen molar-refractivity contribution in [2.24, 2.45) is 0 Å². The lowest BCUT2D eigenvalue weighted by molar-refractivity contribution is -0.152. The van der Waals surface area contributed by atoms with Crippen molar-refractivity contribution in [3.63, 3.8) is 0 Å². The maximum absolute atomic E-state index is 12.1. The second-order valence-electron chi connectivity index (χ2n) is 6.13. The molecule has 1 atom stereocenters. The zero-order chi connectivity index (χ0) is 19.1. The third-order valence-electron chi connectivity index (χ3n) is 4.06. The normalized spacial score (nSPS) is 11.7. The van der Waals surface area contributed by atoms with Crippen LogP contribution in [0.5, 0.6) is 0 Å². The summed E-state index contributed by atoms with van der Waals surface area (Å²) >= 11 is 1.40. The summed E-state index contributed by atoms with van der Waals surface area (Å²) in [5, 5.41) is 5.06. The second-order valence-corrected chi connectivity index (χ2v) is 7.18. The highest BCUT2D eigenvalue weighted by molar-refractivity contribution is 8.00. The number of carbonyl (C=O) groups is 2. The largest absolute Gasteiger partial charge is 0.452 e. The Kier molecular flexibility index (Phi) is 6.49. The third-order valence-corrected chi connectivity index (χ3v) is 5.03. The Hall–Kier alpha value is -2.79. The highest BCUT2D eigenvalue weighted by Gasteiger charge is 2.17. The molecule has 0 unspecified atom stereocenters. The third kappa shape index (κ3) is 5.59. The smallest absolute Gasteiger partial charge is 0.317 e. The van der Waals surface area contributed by atoms with Gasteiger partial charge in [0, 0.05) is 11.4 Å². The number of esters is 1. The molecule has 0 aliphatic rings. The fourth-order valence-electron chi connectivity index (χ4n) is 2.61. The van der Waals surface area contributed by atoms with Gasteiger partial charge in [0.1, 0.15) is 0 Å². The van der Waals surface area contributed by atoms with Gasteiger partial charge in [-0.05, 0) is 35.4 Å². The topological polar surface area (TPSA) is 55.4 Å². The Balaban J connectivity index is 1.45. The number of carbonyl (C=O) groups excluding carboxylic acids is 2. The Morgan fingerprint density at radius 2 is 1.67 bits per heavy atom. The van der Waals surface area contributed by atoms with Crippen LogP contribution in [0.4, 0.5) is 0 Å². The summed E-state index contributed by atoms with van der Waals surface area (Å²) in [6.45, 7) is 1.99. The molecule has 5 heteroatoms. The van der Waals surface area contributed by atoms with Crippen molar-refractivity contribution >= 4 is 34.4 Å². The quantitative estimate of drug-likeness (QED) is 0.494. The van der Waals surface area contributed by atoms with Crippen molar-refractivity contribution in [3.05, 3.63) is 78.4 Å². The van der Waals surface area contributed by atoms with Gasteiger partial charge in [0.15, 0.2) is 6.10 Å². The molecule has 0 saturated heterocycles. The standard InChI is InChI=1S/C22H21NO3S/c1-16(22(25)23-14-17-7-3-2-4-8-17)26-21(24)15-27-20-12-11-18-9-5-6-10-19(18)13-20/h2-13,16H,14-15H2,1H3,(H,23,25)/t16-/m0/s1. The summed E-state index contributed by atoms with van der Waals surface area (Å²) in [5.41, 5.74) is 0.997. The lowest BCUT2D eigenvalue weighted by Gasteiger charge is -2.13. The molecule has 4 nitrogen and oxygen atoms in total. The number of hydrogen-bond donors (Lipinski definition) is 1. The van der Waals surface area contributed by atoms with Crippen molar-refractivity contribution < 1.29 is 14.3 Å². The first-order chi connectivity index (χ1) is 13.1. The van der Waals surface area contributed by atoms with E-state index < -0.39 is 12.1 Å². The van der Waals surface area contributed by atoms with E-state index in [-0.39, 0.29) is 11.7 Å². The molecule has 0 spiro atoms. The van der Waals surface area contributed by atoms with Gasteiger partial charge in [-0.15, -0.1) is 11.8 Å². The highest BCUT2D eigenvalue weighted by atomic mass is 32.2. The number of ether oxygens (including phenoxy) is 1. The van der Waals surface area contributed by atoms with Crippen LogP contribution in [0.25, 0.3) is 10.8 Å². The Morgan fingerprint density at radius 1 is 0.963 bits per heavy atom. The maximum atomic E-state index is 12.1. The number of rotatable bonds is 7. The van der Waals surface area contributed by atoms with Crippen LogP contribution in [0.3, 0.4) is 0 Å². The second kappa shape index (κ2) is 9.24. The molecule has 138 valence electrons. The number of thioether (sulfide) groups is 1. The summed E-state index contributed by atoms with van der Waals surface area (Å²) in [5.74, 6) is -0.548. The maximum Gasteiger partial charge on any atom is 0.317 e. The first kappa shape index (κ1) is 19.0. The molecule has 1 amide bonds. The SMILES string of the molecule is C[C@H](OC(=O)CSc1ccc2ccccc2c1)C(=O)NCc1ccccc1. The molecule has 0 radical (unpaired) electrons. The van der Waals surface area contributed by atoms with Crippen LogP contribution >= 0.6 is 11.8 Å². The van der Waals surface area contributed by atoms with Crippen LogP contribution in [0.1, 0.15) is 12.5 Å². The zero-order valence-corrected chi connectivity index (χ0v) is 15.9. The van der Waals surface area contributed by atoms with E-state index in [1.54, 1.807) is 6.92 Å². The first-order valence-corrected chi connectivity index (χ1v) is 9.73. The number of hydrogen-bond acceptors (Lipinski definition) is 4. The van der Waals surface area contributed by atoms with Gasteiger partial charge < -0.3 is 10.1 Å². The van der Waals surface area contributed by atoms with Crippen molar-refractivity contribution in [2.75, 3.05) is 5.75 Å². The minimum Gasteiger partial charge on any atom is -0.452 e. The van der Waals surface area contributed by atoms with E-state index in [0.717, 1.165) is 21.2 Å². The molecule has 0 saturated carbocycles. The van der Waals surface area contributed by atoms with E-state index in [4.69, 9.17) is 4.74 Å². The Bertz CT molecular complexity index is 927. The van der Waals surface area contributed by atoms with Crippen LogP contribution in [0, 0.1) is 0 Å². The van der Waals surface area contributed by atoms with Crippen molar-refractivity contribution in [1.29, 1.82) is 0 Å².